The summed E-state index contributed by atoms with van der Waals surface area (Å²) in [6.07, 6.45) is 0.827. The monoisotopic (exact) mass is 452 g/mol. The number of hydrogen-bond acceptors (Lipinski definition) is 4. The van der Waals surface area contributed by atoms with Gasteiger partial charge in [0, 0.05) is 38.2 Å². The highest BCUT2D eigenvalue weighted by molar-refractivity contribution is 7.89. The van der Waals surface area contributed by atoms with E-state index >= 15 is 0 Å². The van der Waals surface area contributed by atoms with Crippen molar-refractivity contribution in [2.24, 2.45) is 5.92 Å². The molecule has 3 rings (SSSR count). The minimum atomic E-state index is -3.86. The number of carbonyl (C=O) groups excluding carboxylic acids is 1. The zero-order valence-corrected chi connectivity index (χ0v) is 18.1. The Morgan fingerprint density at radius 3 is 2.42 bits per heavy atom. The number of hydrogen-bond donors (Lipinski definition) is 0. The number of benzene rings is 2. The second kappa shape index (κ2) is 10.2. The summed E-state index contributed by atoms with van der Waals surface area (Å²) in [5.41, 5.74) is 1.05. The number of alkyl halides is 2. The van der Waals surface area contributed by atoms with E-state index in [9.17, 15) is 22.0 Å². The number of sulfonamides is 1. The Kier molecular flexibility index (Phi) is 7.61. The summed E-state index contributed by atoms with van der Waals surface area (Å²) in [7, 11) is -3.86. The summed E-state index contributed by atoms with van der Waals surface area (Å²) in [6, 6.07) is 14.8. The highest BCUT2D eigenvalue weighted by Gasteiger charge is 2.33. The highest BCUT2D eigenvalue weighted by Crippen LogP contribution is 2.27. The van der Waals surface area contributed by atoms with E-state index in [1.165, 1.54) is 22.5 Å². The molecule has 1 heterocycles. The predicted octanol–water partition coefficient (Wildman–Crippen LogP) is 3.74. The maximum atomic E-state index is 13.0. The Balaban J connectivity index is 1.63. The molecule has 31 heavy (non-hydrogen) atoms. The Morgan fingerprint density at radius 1 is 1.13 bits per heavy atom. The van der Waals surface area contributed by atoms with Gasteiger partial charge in [0.25, 0.3) is 0 Å². The molecule has 0 radical (unpaired) electrons. The first-order valence-corrected chi connectivity index (χ1v) is 11.6. The second-order valence-electron chi connectivity index (χ2n) is 7.37. The fourth-order valence-corrected chi connectivity index (χ4v) is 5.22. The van der Waals surface area contributed by atoms with Crippen molar-refractivity contribution in [3.05, 3.63) is 60.2 Å². The van der Waals surface area contributed by atoms with Crippen LogP contribution in [-0.2, 0) is 21.4 Å². The van der Waals surface area contributed by atoms with Crippen LogP contribution in [0.15, 0.2) is 59.5 Å². The van der Waals surface area contributed by atoms with Gasteiger partial charge in [0.15, 0.2) is 0 Å². The fraction of sp³-hybridized carbons (Fsp3) is 0.409. The van der Waals surface area contributed by atoms with Crippen LogP contribution in [0, 0.1) is 5.92 Å². The standard InChI is InChI=1S/C22H26F2N2O4S/c1-2-25(16-17-7-4-3-5-8-17)21(27)18-11-13-26(14-12-18)31(28,29)20-10-6-9-19(15-20)30-22(23)24/h3-10,15,18,22H,2,11-14,16H2,1H3. The molecule has 1 aliphatic rings. The van der Waals surface area contributed by atoms with E-state index in [0.29, 0.717) is 25.9 Å². The van der Waals surface area contributed by atoms with Gasteiger partial charge in [0.1, 0.15) is 5.75 Å². The van der Waals surface area contributed by atoms with E-state index in [1.807, 2.05) is 37.3 Å². The van der Waals surface area contributed by atoms with Crippen LogP contribution in [0.5, 0.6) is 5.75 Å². The molecule has 0 unspecified atom stereocenters. The Labute approximate surface area is 181 Å². The van der Waals surface area contributed by atoms with Gasteiger partial charge in [-0.1, -0.05) is 36.4 Å². The molecule has 0 aromatic heterocycles. The summed E-state index contributed by atoms with van der Waals surface area (Å²) >= 11 is 0. The smallest absolute Gasteiger partial charge is 0.387 e. The first-order valence-electron chi connectivity index (χ1n) is 10.2. The highest BCUT2D eigenvalue weighted by atomic mass is 32.2. The number of rotatable bonds is 8. The molecule has 9 heteroatoms. The molecule has 0 N–H and O–H groups in total. The van der Waals surface area contributed by atoms with E-state index in [-0.39, 0.29) is 35.6 Å². The molecule has 6 nitrogen and oxygen atoms in total. The van der Waals surface area contributed by atoms with Crippen LogP contribution >= 0.6 is 0 Å². The first-order chi connectivity index (χ1) is 14.8. The number of carbonyl (C=O) groups is 1. The average molecular weight is 453 g/mol. The largest absolute Gasteiger partial charge is 0.435 e. The van der Waals surface area contributed by atoms with Gasteiger partial charge in [-0.25, -0.2) is 8.42 Å². The van der Waals surface area contributed by atoms with Crippen LogP contribution in [0.1, 0.15) is 25.3 Å². The van der Waals surface area contributed by atoms with Gasteiger partial charge in [-0.2, -0.15) is 13.1 Å². The Bertz CT molecular complexity index is 978. The van der Waals surface area contributed by atoms with Crippen LogP contribution in [0.2, 0.25) is 0 Å². The third kappa shape index (κ3) is 5.80. The van der Waals surface area contributed by atoms with Gasteiger partial charge in [0.05, 0.1) is 4.90 Å². The van der Waals surface area contributed by atoms with Crippen molar-refractivity contribution in [1.29, 1.82) is 0 Å². The van der Waals surface area contributed by atoms with E-state index in [2.05, 4.69) is 4.74 Å². The number of piperidine rings is 1. The zero-order chi connectivity index (χ0) is 22.4. The molecule has 2 aromatic rings. The lowest BCUT2D eigenvalue weighted by atomic mass is 9.96. The normalized spacial score (nSPS) is 15.7. The molecule has 1 saturated heterocycles. The summed E-state index contributed by atoms with van der Waals surface area (Å²) in [6.45, 7) is 0.379. The molecule has 0 bridgehead atoms. The van der Waals surface area contributed by atoms with Gasteiger partial charge < -0.3 is 9.64 Å². The van der Waals surface area contributed by atoms with Gasteiger partial charge in [-0.15, -0.1) is 0 Å². The summed E-state index contributed by atoms with van der Waals surface area (Å²) < 4.78 is 56.3. The van der Waals surface area contributed by atoms with Gasteiger partial charge >= 0.3 is 6.61 Å². The molecule has 168 valence electrons. The van der Waals surface area contributed by atoms with Crippen LogP contribution in [0.4, 0.5) is 8.78 Å². The maximum absolute atomic E-state index is 13.0. The molecule has 1 fully saturated rings. The predicted molar refractivity (Wildman–Crippen MR) is 112 cm³/mol. The van der Waals surface area contributed by atoms with Crippen molar-refractivity contribution in [3.63, 3.8) is 0 Å². The summed E-state index contributed by atoms with van der Waals surface area (Å²) in [4.78, 5) is 14.7. The summed E-state index contributed by atoms with van der Waals surface area (Å²) in [5.74, 6) is -0.431. The lowest BCUT2D eigenvalue weighted by Crippen LogP contribution is -2.44. The van der Waals surface area contributed by atoms with Crippen LogP contribution in [0.25, 0.3) is 0 Å². The van der Waals surface area contributed by atoms with Crippen LogP contribution in [0.3, 0.4) is 0 Å². The van der Waals surface area contributed by atoms with E-state index in [4.69, 9.17) is 0 Å². The van der Waals surface area contributed by atoms with Crippen molar-refractivity contribution in [2.45, 2.75) is 37.8 Å². The van der Waals surface area contributed by atoms with Crippen molar-refractivity contribution in [1.82, 2.24) is 9.21 Å². The van der Waals surface area contributed by atoms with Crippen molar-refractivity contribution in [2.75, 3.05) is 19.6 Å². The Hall–Kier alpha value is -2.52. The quantitative estimate of drug-likeness (QED) is 0.612. The maximum Gasteiger partial charge on any atom is 0.387 e. The molecular weight excluding hydrogens is 426 g/mol. The SMILES string of the molecule is CCN(Cc1ccccc1)C(=O)C1CCN(S(=O)(=O)c2cccc(OC(F)F)c2)CC1. The van der Waals surface area contributed by atoms with E-state index in [1.54, 1.807) is 4.90 Å². The van der Waals surface area contributed by atoms with Crippen molar-refractivity contribution in [3.8, 4) is 5.75 Å². The van der Waals surface area contributed by atoms with Crippen molar-refractivity contribution >= 4 is 15.9 Å². The molecule has 0 aliphatic carbocycles. The van der Waals surface area contributed by atoms with Gasteiger partial charge in [-0.3, -0.25) is 4.79 Å². The molecule has 1 aliphatic heterocycles. The third-order valence-electron chi connectivity index (χ3n) is 5.38. The number of nitrogens with zero attached hydrogens (tertiary/aromatic N) is 2. The first kappa shape index (κ1) is 23.1. The average Bonchev–Trinajstić information content (AvgIpc) is 2.77. The molecular formula is C22H26F2N2O4S. The van der Waals surface area contributed by atoms with E-state index in [0.717, 1.165) is 11.6 Å². The minimum absolute atomic E-state index is 0.0238. The fourth-order valence-electron chi connectivity index (χ4n) is 3.71. The summed E-state index contributed by atoms with van der Waals surface area (Å²) in [5, 5.41) is 0. The number of amides is 1. The van der Waals surface area contributed by atoms with Gasteiger partial charge in [-0.05, 0) is 37.5 Å². The topological polar surface area (TPSA) is 66.9 Å². The molecule has 2 aromatic carbocycles. The molecule has 0 spiro atoms. The third-order valence-corrected chi connectivity index (χ3v) is 7.28. The minimum Gasteiger partial charge on any atom is -0.435 e. The van der Waals surface area contributed by atoms with Gasteiger partial charge in [0.2, 0.25) is 15.9 Å². The van der Waals surface area contributed by atoms with Crippen LogP contribution < -0.4 is 4.74 Å². The van der Waals surface area contributed by atoms with E-state index < -0.39 is 16.6 Å². The number of halogens is 2. The van der Waals surface area contributed by atoms with Crippen LogP contribution in [-0.4, -0.2) is 49.8 Å². The lowest BCUT2D eigenvalue weighted by molar-refractivity contribution is -0.137. The zero-order valence-electron chi connectivity index (χ0n) is 17.3. The number of ether oxygens (including phenoxy) is 1. The second-order valence-corrected chi connectivity index (χ2v) is 9.31. The molecule has 0 saturated carbocycles. The Morgan fingerprint density at radius 2 is 1.81 bits per heavy atom. The van der Waals surface area contributed by atoms with Crippen molar-refractivity contribution < 1.29 is 26.7 Å². The molecule has 0 atom stereocenters. The molecule has 1 amide bonds. The lowest BCUT2D eigenvalue weighted by Gasteiger charge is -2.33.